The van der Waals surface area contributed by atoms with Crippen LogP contribution in [0, 0.1) is 0 Å². The fraction of sp³-hybridized carbons (Fsp3) is 0.600. The van der Waals surface area contributed by atoms with E-state index >= 15 is 0 Å². The SMILES string of the molecule is CC(O)C1CCCN1c1cc(Cl)ncn1. The molecule has 0 bridgehead atoms. The van der Waals surface area contributed by atoms with Gasteiger partial charge in [-0.1, -0.05) is 11.6 Å². The first kappa shape index (κ1) is 10.6. The van der Waals surface area contributed by atoms with Crippen molar-refractivity contribution in [2.75, 3.05) is 11.4 Å². The highest BCUT2D eigenvalue weighted by molar-refractivity contribution is 6.29. The Labute approximate surface area is 93.9 Å². The van der Waals surface area contributed by atoms with E-state index in [2.05, 4.69) is 14.9 Å². The van der Waals surface area contributed by atoms with Crippen LogP contribution in [-0.2, 0) is 0 Å². The largest absolute Gasteiger partial charge is 0.391 e. The van der Waals surface area contributed by atoms with Crippen LogP contribution in [-0.4, -0.2) is 33.8 Å². The van der Waals surface area contributed by atoms with Crippen LogP contribution >= 0.6 is 11.6 Å². The number of nitrogens with zero attached hydrogens (tertiary/aromatic N) is 3. The smallest absolute Gasteiger partial charge is 0.134 e. The van der Waals surface area contributed by atoms with Gasteiger partial charge in [0.05, 0.1) is 12.1 Å². The van der Waals surface area contributed by atoms with Gasteiger partial charge in [0.15, 0.2) is 0 Å². The van der Waals surface area contributed by atoms with E-state index in [1.807, 2.05) is 6.92 Å². The Morgan fingerprint density at radius 3 is 3.07 bits per heavy atom. The maximum atomic E-state index is 9.64. The van der Waals surface area contributed by atoms with Crippen molar-refractivity contribution in [3.05, 3.63) is 17.5 Å². The summed E-state index contributed by atoms with van der Waals surface area (Å²) >= 11 is 5.81. The summed E-state index contributed by atoms with van der Waals surface area (Å²) in [4.78, 5) is 10.1. The van der Waals surface area contributed by atoms with Crippen molar-refractivity contribution >= 4 is 17.4 Å². The van der Waals surface area contributed by atoms with E-state index in [4.69, 9.17) is 11.6 Å². The summed E-state index contributed by atoms with van der Waals surface area (Å²) in [6.07, 6.45) is 3.19. The Morgan fingerprint density at radius 1 is 1.60 bits per heavy atom. The summed E-state index contributed by atoms with van der Waals surface area (Å²) in [5.41, 5.74) is 0. The lowest BCUT2D eigenvalue weighted by Crippen LogP contribution is -2.37. The van der Waals surface area contributed by atoms with E-state index < -0.39 is 0 Å². The third-order valence-corrected chi connectivity index (χ3v) is 2.98. The monoisotopic (exact) mass is 227 g/mol. The van der Waals surface area contributed by atoms with Gasteiger partial charge in [-0.15, -0.1) is 0 Å². The van der Waals surface area contributed by atoms with Gasteiger partial charge in [-0.05, 0) is 19.8 Å². The van der Waals surface area contributed by atoms with Crippen molar-refractivity contribution in [1.82, 2.24) is 9.97 Å². The van der Waals surface area contributed by atoms with Gasteiger partial charge in [-0.3, -0.25) is 0 Å². The number of rotatable bonds is 2. The lowest BCUT2D eigenvalue weighted by Gasteiger charge is -2.27. The van der Waals surface area contributed by atoms with E-state index in [0.717, 1.165) is 25.2 Å². The van der Waals surface area contributed by atoms with E-state index in [9.17, 15) is 5.11 Å². The maximum absolute atomic E-state index is 9.64. The summed E-state index contributed by atoms with van der Waals surface area (Å²) < 4.78 is 0. The number of hydrogen-bond donors (Lipinski definition) is 1. The Morgan fingerprint density at radius 2 is 2.40 bits per heavy atom. The van der Waals surface area contributed by atoms with Crippen LogP contribution in [0.3, 0.4) is 0 Å². The van der Waals surface area contributed by atoms with Gasteiger partial charge < -0.3 is 10.0 Å². The van der Waals surface area contributed by atoms with Gasteiger partial charge in [0.1, 0.15) is 17.3 Å². The molecular weight excluding hydrogens is 214 g/mol. The van der Waals surface area contributed by atoms with Crippen LogP contribution in [0.25, 0.3) is 0 Å². The average molecular weight is 228 g/mol. The van der Waals surface area contributed by atoms with Gasteiger partial charge in [0.2, 0.25) is 0 Å². The Kier molecular flexibility index (Phi) is 3.07. The predicted molar refractivity (Wildman–Crippen MR) is 59.1 cm³/mol. The topological polar surface area (TPSA) is 49.2 Å². The molecule has 0 aromatic carbocycles. The first-order valence-corrected chi connectivity index (χ1v) is 5.48. The van der Waals surface area contributed by atoms with Crippen molar-refractivity contribution < 1.29 is 5.11 Å². The third-order valence-electron chi connectivity index (χ3n) is 2.77. The van der Waals surface area contributed by atoms with E-state index in [1.54, 1.807) is 6.07 Å². The molecule has 15 heavy (non-hydrogen) atoms. The van der Waals surface area contributed by atoms with Crippen molar-refractivity contribution in [2.24, 2.45) is 0 Å². The van der Waals surface area contributed by atoms with Crippen molar-refractivity contribution in [3.63, 3.8) is 0 Å². The zero-order valence-electron chi connectivity index (χ0n) is 8.60. The molecule has 0 saturated carbocycles. The quantitative estimate of drug-likeness (QED) is 0.778. The Balaban J connectivity index is 2.22. The summed E-state index contributed by atoms with van der Waals surface area (Å²) in [5.74, 6) is 0.804. The van der Waals surface area contributed by atoms with E-state index in [-0.39, 0.29) is 12.1 Å². The van der Waals surface area contributed by atoms with Crippen LogP contribution < -0.4 is 4.90 Å². The first-order valence-electron chi connectivity index (χ1n) is 5.11. The maximum Gasteiger partial charge on any atom is 0.134 e. The summed E-state index contributed by atoms with van der Waals surface area (Å²) in [5, 5.41) is 10.1. The fourth-order valence-corrected chi connectivity index (χ4v) is 2.20. The molecule has 1 N–H and O–H groups in total. The molecule has 2 heterocycles. The molecule has 0 aliphatic carbocycles. The number of aliphatic hydroxyl groups is 1. The lowest BCUT2D eigenvalue weighted by atomic mass is 10.1. The predicted octanol–water partition coefficient (Wildman–Crippen LogP) is 1.48. The zero-order chi connectivity index (χ0) is 10.8. The minimum Gasteiger partial charge on any atom is -0.391 e. The van der Waals surface area contributed by atoms with Crippen molar-refractivity contribution in [3.8, 4) is 0 Å². The normalized spacial score (nSPS) is 23.1. The molecule has 0 amide bonds. The minimum absolute atomic E-state index is 0.149. The Bertz CT molecular complexity index is 345. The van der Waals surface area contributed by atoms with Crippen LogP contribution in [0.4, 0.5) is 5.82 Å². The molecule has 4 nitrogen and oxygen atoms in total. The first-order chi connectivity index (χ1) is 7.18. The molecule has 0 spiro atoms. The molecule has 2 rings (SSSR count). The Hall–Kier alpha value is -0.870. The third kappa shape index (κ3) is 2.21. The molecule has 1 aliphatic rings. The molecule has 2 unspecified atom stereocenters. The number of hydrogen-bond acceptors (Lipinski definition) is 4. The molecule has 82 valence electrons. The second kappa shape index (κ2) is 4.33. The highest BCUT2D eigenvalue weighted by atomic mass is 35.5. The van der Waals surface area contributed by atoms with Gasteiger partial charge in [0.25, 0.3) is 0 Å². The molecule has 1 aromatic rings. The lowest BCUT2D eigenvalue weighted by molar-refractivity contribution is 0.164. The van der Waals surface area contributed by atoms with Gasteiger partial charge in [0, 0.05) is 12.6 Å². The van der Waals surface area contributed by atoms with Gasteiger partial charge in [-0.25, -0.2) is 9.97 Å². The second-order valence-electron chi connectivity index (χ2n) is 3.84. The highest BCUT2D eigenvalue weighted by Crippen LogP contribution is 2.26. The molecule has 1 fully saturated rings. The number of aliphatic hydroxyl groups excluding tert-OH is 1. The molecular formula is C10H14ClN3O. The second-order valence-corrected chi connectivity index (χ2v) is 4.23. The van der Waals surface area contributed by atoms with E-state index in [0.29, 0.717) is 5.15 Å². The van der Waals surface area contributed by atoms with Crippen LogP contribution in [0.15, 0.2) is 12.4 Å². The van der Waals surface area contributed by atoms with E-state index in [1.165, 1.54) is 6.33 Å². The van der Waals surface area contributed by atoms with Crippen LogP contribution in [0.2, 0.25) is 5.15 Å². The molecule has 0 radical (unpaired) electrons. The molecule has 2 atom stereocenters. The molecule has 1 saturated heterocycles. The standard InChI is InChI=1S/C10H14ClN3O/c1-7(15)8-3-2-4-14(8)10-5-9(11)12-6-13-10/h5-8,15H,2-4H2,1H3. The zero-order valence-corrected chi connectivity index (χ0v) is 9.35. The highest BCUT2D eigenvalue weighted by Gasteiger charge is 2.29. The summed E-state index contributed by atoms with van der Waals surface area (Å²) in [6, 6.07) is 1.89. The van der Waals surface area contributed by atoms with Crippen molar-refractivity contribution in [2.45, 2.75) is 31.9 Å². The molecule has 5 heteroatoms. The van der Waals surface area contributed by atoms with Gasteiger partial charge in [-0.2, -0.15) is 0 Å². The molecule has 1 aromatic heterocycles. The van der Waals surface area contributed by atoms with Crippen LogP contribution in [0.5, 0.6) is 0 Å². The van der Waals surface area contributed by atoms with Crippen LogP contribution in [0.1, 0.15) is 19.8 Å². The van der Waals surface area contributed by atoms with Crippen molar-refractivity contribution in [1.29, 1.82) is 0 Å². The number of anilines is 1. The summed E-state index contributed by atoms with van der Waals surface area (Å²) in [6.45, 7) is 2.73. The average Bonchev–Trinajstić information content (AvgIpc) is 2.65. The number of aromatic nitrogens is 2. The minimum atomic E-state index is -0.346. The number of halogens is 1. The summed E-state index contributed by atoms with van der Waals surface area (Å²) in [7, 11) is 0. The fourth-order valence-electron chi connectivity index (χ4n) is 2.06. The van der Waals surface area contributed by atoms with Gasteiger partial charge >= 0.3 is 0 Å². The molecule has 1 aliphatic heterocycles.